The Hall–Kier alpha value is -1.29. The summed E-state index contributed by atoms with van der Waals surface area (Å²) in [7, 11) is 0. The van der Waals surface area contributed by atoms with Crippen molar-refractivity contribution in [3.8, 4) is 0 Å². The molecule has 2 rings (SSSR count). The number of amides is 1. The molecule has 1 unspecified atom stereocenters. The second-order valence-corrected chi connectivity index (χ2v) is 4.35. The molecular formula is C12H18N2O2. The number of furan rings is 1. The molecule has 2 N–H and O–H groups in total. The van der Waals surface area contributed by atoms with Crippen LogP contribution in [0.5, 0.6) is 0 Å². The van der Waals surface area contributed by atoms with Crippen molar-refractivity contribution in [1.82, 2.24) is 10.6 Å². The van der Waals surface area contributed by atoms with Crippen molar-refractivity contribution < 1.29 is 9.21 Å². The molecule has 2 heterocycles. The summed E-state index contributed by atoms with van der Waals surface area (Å²) in [6, 6.07) is 3.73. The van der Waals surface area contributed by atoms with E-state index in [0.29, 0.717) is 12.3 Å². The monoisotopic (exact) mass is 222 g/mol. The molecule has 1 aliphatic heterocycles. The van der Waals surface area contributed by atoms with Gasteiger partial charge in [-0.05, 0) is 44.5 Å². The van der Waals surface area contributed by atoms with E-state index in [-0.39, 0.29) is 5.91 Å². The third kappa shape index (κ3) is 3.10. The maximum Gasteiger partial charge on any atom is 0.227 e. The average molecular weight is 222 g/mol. The van der Waals surface area contributed by atoms with Crippen LogP contribution in [-0.4, -0.2) is 25.5 Å². The summed E-state index contributed by atoms with van der Waals surface area (Å²) in [5.74, 6) is 2.21. The van der Waals surface area contributed by atoms with E-state index in [9.17, 15) is 4.79 Å². The maximum absolute atomic E-state index is 11.6. The lowest BCUT2D eigenvalue weighted by Gasteiger charge is -2.09. The van der Waals surface area contributed by atoms with E-state index >= 15 is 0 Å². The zero-order chi connectivity index (χ0) is 11.4. The quantitative estimate of drug-likeness (QED) is 0.794. The van der Waals surface area contributed by atoms with Gasteiger partial charge < -0.3 is 15.1 Å². The largest absolute Gasteiger partial charge is 0.466 e. The highest BCUT2D eigenvalue weighted by molar-refractivity contribution is 5.77. The topological polar surface area (TPSA) is 54.3 Å². The van der Waals surface area contributed by atoms with Crippen LogP contribution in [0.15, 0.2) is 16.5 Å². The molecule has 0 saturated carbocycles. The van der Waals surface area contributed by atoms with Crippen LogP contribution in [0.2, 0.25) is 0 Å². The first kappa shape index (κ1) is 11.2. The van der Waals surface area contributed by atoms with Gasteiger partial charge in [-0.3, -0.25) is 4.79 Å². The zero-order valence-corrected chi connectivity index (χ0v) is 9.58. The Labute approximate surface area is 95.4 Å². The van der Waals surface area contributed by atoms with E-state index in [1.54, 1.807) is 0 Å². The van der Waals surface area contributed by atoms with E-state index in [1.807, 2.05) is 19.1 Å². The molecule has 1 aliphatic rings. The lowest BCUT2D eigenvalue weighted by Crippen LogP contribution is -2.31. The van der Waals surface area contributed by atoms with Gasteiger partial charge >= 0.3 is 0 Å². The first-order valence-corrected chi connectivity index (χ1v) is 5.77. The Morgan fingerprint density at radius 1 is 1.62 bits per heavy atom. The molecule has 0 radical (unpaired) electrons. The molecule has 0 aromatic carbocycles. The average Bonchev–Trinajstić information content (AvgIpc) is 2.87. The van der Waals surface area contributed by atoms with Gasteiger partial charge in [0.1, 0.15) is 11.5 Å². The van der Waals surface area contributed by atoms with E-state index < -0.39 is 0 Å². The van der Waals surface area contributed by atoms with E-state index in [4.69, 9.17) is 4.42 Å². The van der Waals surface area contributed by atoms with Crippen LogP contribution in [-0.2, 0) is 11.2 Å². The minimum absolute atomic E-state index is 0.0428. The lowest BCUT2D eigenvalue weighted by molar-refractivity contribution is -0.120. The number of hydrogen-bond donors (Lipinski definition) is 2. The normalized spacial score (nSPS) is 19.9. The number of carbonyl (C=O) groups excluding carboxylic acids is 1. The summed E-state index contributed by atoms with van der Waals surface area (Å²) >= 11 is 0. The molecule has 88 valence electrons. The third-order valence-corrected chi connectivity index (χ3v) is 2.88. The first-order valence-electron chi connectivity index (χ1n) is 5.77. The van der Waals surface area contributed by atoms with Crippen molar-refractivity contribution in [2.45, 2.75) is 19.8 Å². The first-order chi connectivity index (χ1) is 7.74. The van der Waals surface area contributed by atoms with Crippen molar-refractivity contribution in [1.29, 1.82) is 0 Å². The fourth-order valence-electron chi connectivity index (χ4n) is 1.95. The van der Waals surface area contributed by atoms with E-state index in [0.717, 1.165) is 37.6 Å². The Kier molecular flexibility index (Phi) is 3.62. The van der Waals surface area contributed by atoms with E-state index in [2.05, 4.69) is 10.6 Å². The number of nitrogens with one attached hydrogen (secondary N) is 2. The number of carbonyl (C=O) groups is 1. The molecule has 1 aromatic heterocycles. The summed E-state index contributed by atoms with van der Waals surface area (Å²) < 4.78 is 5.35. The van der Waals surface area contributed by atoms with Crippen LogP contribution in [0.4, 0.5) is 0 Å². The summed E-state index contributed by atoms with van der Waals surface area (Å²) in [5.41, 5.74) is 0. The minimum Gasteiger partial charge on any atom is -0.466 e. The van der Waals surface area contributed by atoms with Gasteiger partial charge in [0.15, 0.2) is 0 Å². The molecule has 0 spiro atoms. The molecule has 16 heavy (non-hydrogen) atoms. The van der Waals surface area contributed by atoms with Crippen LogP contribution < -0.4 is 10.6 Å². The highest BCUT2D eigenvalue weighted by atomic mass is 16.3. The molecule has 0 aliphatic carbocycles. The summed E-state index contributed by atoms with van der Waals surface area (Å²) in [4.78, 5) is 11.6. The summed E-state index contributed by atoms with van der Waals surface area (Å²) in [6.07, 6.45) is 1.49. The van der Waals surface area contributed by atoms with Gasteiger partial charge in [0.2, 0.25) is 5.91 Å². The molecule has 1 amide bonds. The molecular weight excluding hydrogens is 204 g/mol. The van der Waals surface area contributed by atoms with Gasteiger partial charge in [-0.15, -0.1) is 0 Å². The van der Waals surface area contributed by atoms with E-state index in [1.165, 1.54) is 0 Å². The fourth-order valence-corrected chi connectivity index (χ4v) is 1.95. The van der Waals surface area contributed by atoms with Crippen LogP contribution in [0.25, 0.3) is 0 Å². The maximum atomic E-state index is 11.6. The Bertz CT molecular complexity index is 354. The zero-order valence-electron chi connectivity index (χ0n) is 9.58. The predicted molar refractivity (Wildman–Crippen MR) is 61.1 cm³/mol. The Morgan fingerprint density at radius 2 is 2.50 bits per heavy atom. The SMILES string of the molecule is Cc1ccc(CC(=O)NCC2CCNC2)o1. The van der Waals surface area contributed by atoms with Gasteiger partial charge in [0.05, 0.1) is 6.42 Å². The van der Waals surface area contributed by atoms with Crippen LogP contribution in [0.1, 0.15) is 17.9 Å². The molecule has 1 fully saturated rings. The highest BCUT2D eigenvalue weighted by Crippen LogP contribution is 2.08. The number of rotatable bonds is 4. The minimum atomic E-state index is 0.0428. The summed E-state index contributed by atoms with van der Waals surface area (Å²) in [5, 5.41) is 6.22. The molecule has 4 nitrogen and oxygen atoms in total. The van der Waals surface area contributed by atoms with Gasteiger partial charge in [0, 0.05) is 6.54 Å². The number of aryl methyl sites for hydroxylation is 1. The number of hydrogen-bond acceptors (Lipinski definition) is 3. The second-order valence-electron chi connectivity index (χ2n) is 4.35. The Morgan fingerprint density at radius 3 is 3.12 bits per heavy atom. The standard InChI is InChI=1S/C12H18N2O2/c1-9-2-3-11(16-9)6-12(15)14-8-10-4-5-13-7-10/h2-3,10,13H,4-8H2,1H3,(H,14,15). The molecule has 1 atom stereocenters. The van der Waals surface area contributed by atoms with Crippen molar-refractivity contribution in [2.24, 2.45) is 5.92 Å². The smallest absolute Gasteiger partial charge is 0.227 e. The second kappa shape index (κ2) is 5.16. The molecule has 1 saturated heterocycles. The molecule has 4 heteroatoms. The molecule has 0 bridgehead atoms. The fraction of sp³-hybridized carbons (Fsp3) is 0.583. The van der Waals surface area contributed by atoms with Crippen molar-refractivity contribution in [3.05, 3.63) is 23.7 Å². The van der Waals surface area contributed by atoms with Crippen molar-refractivity contribution in [3.63, 3.8) is 0 Å². The van der Waals surface area contributed by atoms with Crippen LogP contribution >= 0.6 is 0 Å². The van der Waals surface area contributed by atoms with Crippen molar-refractivity contribution >= 4 is 5.91 Å². The summed E-state index contributed by atoms with van der Waals surface area (Å²) in [6.45, 7) is 4.73. The van der Waals surface area contributed by atoms with Gasteiger partial charge in [-0.25, -0.2) is 0 Å². The van der Waals surface area contributed by atoms with Crippen molar-refractivity contribution in [2.75, 3.05) is 19.6 Å². The predicted octanol–water partition coefficient (Wildman–Crippen LogP) is 0.856. The Balaban J connectivity index is 1.71. The third-order valence-electron chi connectivity index (χ3n) is 2.88. The van der Waals surface area contributed by atoms with Gasteiger partial charge in [-0.2, -0.15) is 0 Å². The van der Waals surface area contributed by atoms with Gasteiger partial charge in [-0.1, -0.05) is 0 Å². The van der Waals surface area contributed by atoms with Crippen LogP contribution in [0, 0.1) is 12.8 Å². The highest BCUT2D eigenvalue weighted by Gasteiger charge is 2.15. The molecule has 1 aromatic rings. The van der Waals surface area contributed by atoms with Crippen LogP contribution in [0.3, 0.4) is 0 Å². The van der Waals surface area contributed by atoms with Gasteiger partial charge in [0.25, 0.3) is 0 Å². The lowest BCUT2D eigenvalue weighted by atomic mass is 10.1.